The summed E-state index contributed by atoms with van der Waals surface area (Å²) < 4.78 is 11.2. The first-order valence-electron chi connectivity index (χ1n) is 20.0. The van der Waals surface area contributed by atoms with Crippen molar-refractivity contribution >= 4 is 68.9 Å². The molecule has 0 fully saturated rings. The van der Waals surface area contributed by atoms with E-state index in [0.717, 1.165) is 67.8 Å². The van der Waals surface area contributed by atoms with Crippen LogP contribution >= 0.6 is 23.5 Å². The van der Waals surface area contributed by atoms with E-state index < -0.39 is 5.97 Å². The van der Waals surface area contributed by atoms with E-state index in [-0.39, 0.29) is 18.0 Å². The molecule has 0 radical (unpaired) electrons. The molecule has 302 valence electrons. The van der Waals surface area contributed by atoms with Crippen molar-refractivity contribution in [3.05, 3.63) is 193 Å². The molecule has 61 heavy (non-hydrogen) atoms. The van der Waals surface area contributed by atoms with Crippen LogP contribution in [-0.2, 0) is 11.2 Å². The van der Waals surface area contributed by atoms with Crippen molar-refractivity contribution in [3.8, 4) is 11.5 Å². The molecule has 0 spiro atoms. The lowest BCUT2D eigenvalue weighted by Gasteiger charge is -2.21. The number of ketones is 1. The van der Waals surface area contributed by atoms with Crippen molar-refractivity contribution in [2.45, 2.75) is 45.8 Å². The Bertz CT molecular complexity index is 2740. The zero-order valence-electron chi connectivity index (χ0n) is 33.4. The van der Waals surface area contributed by atoms with Gasteiger partial charge in [0, 0.05) is 60.8 Å². The van der Waals surface area contributed by atoms with Crippen LogP contribution in [0.4, 0.5) is 22.7 Å². The summed E-state index contributed by atoms with van der Waals surface area (Å²) in [7, 11) is 0. The maximum absolute atomic E-state index is 12.7. The van der Waals surface area contributed by atoms with E-state index in [1.165, 1.54) is 16.0 Å². The predicted octanol–water partition coefficient (Wildman–Crippen LogP) is 13.6. The van der Waals surface area contributed by atoms with Gasteiger partial charge < -0.3 is 20.1 Å². The highest BCUT2D eigenvalue weighted by Gasteiger charge is 2.27. The third kappa shape index (κ3) is 10.7. The minimum atomic E-state index is -0.482. The molecule has 0 saturated carbocycles. The number of Topliss-reactive ketones (excluding diaryl/α,β-unsaturated/α-hetero) is 1. The van der Waals surface area contributed by atoms with Crippen molar-refractivity contribution in [3.63, 3.8) is 0 Å². The van der Waals surface area contributed by atoms with Gasteiger partial charge in [-0.2, -0.15) is 0 Å². The number of esters is 1. The number of nitrogens with zero attached hydrogens (tertiary/aromatic N) is 2. The summed E-state index contributed by atoms with van der Waals surface area (Å²) in [5.74, 6) is 1.12. The van der Waals surface area contributed by atoms with Crippen LogP contribution < -0.4 is 15.4 Å². The van der Waals surface area contributed by atoms with E-state index in [4.69, 9.17) is 9.47 Å². The summed E-state index contributed by atoms with van der Waals surface area (Å²) >= 11 is 3.43. The van der Waals surface area contributed by atoms with Crippen LogP contribution in [0, 0.1) is 0 Å². The van der Waals surface area contributed by atoms with E-state index in [9.17, 15) is 9.59 Å². The van der Waals surface area contributed by atoms with Crippen molar-refractivity contribution in [1.82, 2.24) is 9.97 Å². The summed E-state index contributed by atoms with van der Waals surface area (Å²) in [5, 5.41) is 7.83. The third-order valence-electron chi connectivity index (χ3n) is 9.66. The van der Waals surface area contributed by atoms with Gasteiger partial charge in [0.15, 0.2) is 5.78 Å². The fourth-order valence-electron chi connectivity index (χ4n) is 6.76. The fraction of sp³-hybridized carbons (Fsp3) is 0.0980. The van der Waals surface area contributed by atoms with Gasteiger partial charge in [-0.05, 0) is 129 Å². The van der Waals surface area contributed by atoms with Crippen molar-refractivity contribution in [1.29, 1.82) is 0 Å². The molecule has 0 unspecified atom stereocenters. The quantitative estimate of drug-likeness (QED) is 0.116. The van der Waals surface area contributed by atoms with Gasteiger partial charge in [0.05, 0.1) is 29.1 Å². The molecule has 0 atom stereocenters. The van der Waals surface area contributed by atoms with Crippen molar-refractivity contribution < 1.29 is 19.1 Å². The third-order valence-corrected chi connectivity index (χ3v) is 11.7. The van der Waals surface area contributed by atoms with E-state index in [2.05, 4.69) is 81.3 Å². The topological polar surface area (TPSA) is 102 Å². The van der Waals surface area contributed by atoms with Crippen LogP contribution in [0.3, 0.4) is 0 Å². The number of carbonyl (C=O) groups is 2. The standard InChI is InChI=1S/C27H20N2OS.C24H22N2O3S/c1-3-7-21(8-4-1)30-22-13-16-26-25(19-22)27(17-18-28-26)29-20-11-14-24(15-12-20)31-23-9-5-2-6-10-23;1-2-29-24(28)19-15-25-20-9-6-10-21(27)22(20)23(19)26-16-11-13-18(14-12-16)30-17-7-4-3-5-8-17/h1-19H,(H,28,29);3-5,7-8,11-15H,2,6,9-10H2,1H3,(H,25,26). The Labute approximate surface area is 363 Å². The molecule has 8 nitrogen and oxygen atoms in total. The van der Waals surface area contributed by atoms with Crippen LogP contribution in [0.2, 0.25) is 0 Å². The number of nitrogens with one attached hydrogen (secondary N) is 2. The summed E-state index contributed by atoms with van der Waals surface area (Å²) in [6.07, 6.45) is 5.30. The van der Waals surface area contributed by atoms with Crippen LogP contribution in [0.15, 0.2) is 196 Å². The SMILES string of the molecule is CCOC(=O)c1cnc2c(c1Nc1ccc(Sc3ccccc3)cc1)C(=O)CCC2.c1ccc(Oc2ccc3nccc(Nc4ccc(Sc5ccccc5)cc4)c3c2)cc1. The van der Waals surface area contributed by atoms with Crippen molar-refractivity contribution in [2.75, 3.05) is 17.2 Å². The number of fused-ring (bicyclic) bond motifs is 2. The molecule has 0 saturated heterocycles. The predicted molar refractivity (Wildman–Crippen MR) is 246 cm³/mol. The zero-order valence-corrected chi connectivity index (χ0v) is 35.0. The molecule has 1 aliphatic carbocycles. The second-order valence-electron chi connectivity index (χ2n) is 13.9. The van der Waals surface area contributed by atoms with Crippen LogP contribution in [0.5, 0.6) is 11.5 Å². The van der Waals surface area contributed by atoms with E-state index >= 15 is 0 Å². The maximum Gasteiger partial charge on any atom is 0.341 e. The first-order valence-corrected chi connectivity index (χ1v) is 21.7. The lowest BCUT2D eigenvalue weighted by Crippen LogP contribution is -2.19. The van der Waals surface area contributed by atoms with Gasteiger partial charge >= 0.3 is 5.97 Å². The minimum absolute atomic E-state index is 0.00801. The number of pyridine rings is 2. The van der Waals surface area contributed by atoms with E-state index in [1.54, 1.807) is 30.4 Å². The average Bonchev–Trinajstić information content (AvgIpc) is 3.29. The van der Waals surface area contributed by atoms with Gasteiger partial charge in [-0.1, -0.05) is 78.1 Å². The summed E-state index contributed by atoms with van der Waals surface area (Å²) in [6.45, 7) is 2.01. The summed E-state index contributed by atoms with van der Waals surface area (Å²) in [6, 6.07) is 54.7. The van der Waals surface area contributed by atoms with Gasteiger partial charge in [-0.3, -0.25) is 14.8 Å². The number of benzene rings is 6. The Morgan fingerprint density at radius 2 is 1.23 bits per heavy atom. The number of hydrogen-bond donors (Lipinski definition) is 2. The summed E-state index contributed by atoms with van der Waals surface area (Å²) in [4.78, 5) is 38.7. The molecule has 1 aliphatic rings. The molecule has 6 aromatic carbocycles. The smallest absolute Gasteiger partial charge is 0.341 e. The highest BCUT2D eigenvalue weighted by molar-refractivity contribution is 7.99. The number of hydrogen-bond acceptors (Lipinski definition) is 10. The molecular formula is C51H42N4O4S2. The molecule has 2 aromatic heterocycles. The second-order valence-corrected chi connectivity index (χ2v) is 16.2. The first-order chi connectivity index (χ1) is 30.0. The second kappa shape index (κ2) is 19.9. The molecule has 9 rings (SSSR count). The number of aryl methyl sites for hydroxylation is 1. The number of rotatable bonds is 12. The zero-order chi connectivity index (χ0) is 41.8. The normalized spacial score (nSPS) is 11.8. The Morgan fingerprint density at radius 1 is 0.639 bits per heavy atom. The maximum atomic E-state index is 12.7. The lowest BCUT2D eigenvalue weighted by atomic mass is 9.91. The molecule has 10 heteroatoms. The molecule has 2 N–H and O–H groups in total. The fourth-order valence-corrected chi connectivity index (χ4v) is 8.43. The highest BCUT2D eigenvalue weighted by atomic mass is 32.2. The molecule has 2 heterocycles. The monoisotopic (exact) mass is 838 g/mol. The number of ether oxygens (including phenoxy) is 2. The van der Waals surface area contributed by atoms with E-state index in [1.807, 2.05) is 109 Å². The molecular weight excluding hydrogens is 797 g/mol. The Balaban J connectivity index is 0.000000169. The van der Waals surface area contributed by atoms with Gasteiger partial charge in [-0.25, -0.2) is 4.79 Å². The van der Waals surface area contributed by atoms with E-state index in [0.29, 0.717) is 17.7 Å². The average molecular weight is 839 g/mol. The van der Waals surface area contributed by atoms with Gasteiger partial charge in [0.25, 0.3) is 0 Å². The van der Waals surface area contributed by atoms with Gasteiger partial charge in [0.1, 0.15) is 17.1 Å². The molecule has 0 bridgehead atoms. The Kier molecular flexibility index (Phi) is 13.3. The molecule has 8 aromatic rings. The van der Waals surface area contributed by atoms with Gasteiger partial charge in [-0.15, -0.1) is 0 Å². The summed E-state index contributed by atoms with van der Waals surface area (Å²) in [5.41, 5.74) is 5.76. The first kappa shape index (κ1) is 40.9. The lowest BCUT2D eigenvalue weighted by molar-refractivity contribution is 0.0527. The Hall–Kier alpha value is -6.88. The van der Waals surface area contributed by atoms with Crippen LogP contribution in [-0.4, -0.2) is 28.3 Å². The Morgan fingerprint density at radius 3 is 1.85 bits per heavy atom. The largest absolute Gasteiger partial charge is 0.462 e. The molecule has 0 aliphatic heterocycles. The number of para-hydroxylation sites is 1. The molecule has 0 amide bonds. The number of carbonyl (C=O) groups excluding carboxylic acids is 2. The van der Waals surface area contributed by atoms with Crippen LogP contribution in [0.25, 0.3) is 10.9 Å². The number of aromatic nitrogens is 2. The van der Waals surface area contributed by atoms with Crippen LogP contribution in [0.1, 0.15) is 46.2 Å². The number of anilines is 4. The highest BCUT2D eigenvalue weighted by Crippen LogP contribution is 2.35. The van der Waals surface area contributed by atoms with Crippen molar-refractivity contribution in [2.24, 2.45) is 0 Å². The van der Waals surface area contributed by atoms with Gasteiger partial charge in [0.2, 0.25) is 0 Å². The minimum Gasteiger partial charge on any atom is -0.462 e.